The van der Waals surface area contributed by atoms with Crippen LogP contribution in [0.25, 0.3) is 0 Å². The maximum atomic E-state index is 5.86. The Hall–Kier alpha value is -0.900. The first-order chi connectivity index (χ1) is 10.3. The van der Waals surface area contributed by atoms with Crippen LogP contribution in [0.1, 0.15) is 42.9 Å². The van der Waals surface area contributed by atoms with Gasteiger partial charge in [-0.1, -0.05) is 30.7 Å². The summed E-state index contributed by atoms with van der Waals surface area (Å²) in [6, 6.07) is 9.79. The van der Waals surface area contributed by atoms with E-state index in [9.17, 15) is 0 Å². The largest absolute Gasteiger partial charge is 0.330 e. The fourth-order valence-electron chi connectivity index (χ4n) is 3.94. The van der Waals surface area contributed by atoms with Gasteiger partial charge in [-0.05, 0) is 63.0 Å². The van der Waals surface area contributed by atoms with Crippen molar-refractivity contribution in [2.24, 2.45) is 11.7 Å². The number of piperidine rings is 1. The fraction of sp³-hybridized carbons (Fsp3) is 0.667. The minimum absolute atomic E-state index is 0.555. The van der Waals surface area contributed by atoms with Crippen LogP contribution >= 0.6 is 0 Å². The van der Waals surface area contributed by atoms with Gasteiger partial charge in [0.05, 0.1) is 0 Å². The van der Waals surface area contributed by atoms with E-state index in [4.69, 9.17) is 5.73 Å². The van der Waals surface area contributed by atoms with Crippen LogP contribution in [0.4, 0.5) is 0 Å². The lowest BCUT2D eigenvalue weighted by Crippen LogP contribution is -2.29. The standard InChI is InChI=1S/C18H29N3/c1-20-13-16(12-19)11-18(20)17-7-5-6-15(10-17)14-21-8-3-2-4-9-21/h5-7,10,16,18H,2-4,8-9,11-14,19H2,1H3. The van der Waals surface area contributed by atoms with Gasteiger partial charge in [0.1, 0.15) is 0 Å². The number of nitrogens with zero attached hydrogens (tertiary/aromatic N) is 2. The van der Waals surface area contributed by atoms with Crippen LogP contribution in [0, 0.1) is 5.92 Å². The Kier molecular flexibility index (Phi) is 4.94. The molecular formula is C18H29N3. The molecule has 0 aliphatic carbocycles. The van der Waals surface area contributed by atoms with E-state index < -0.39 is 0 Å². The SMILES string of the molecule is CN1CC(CN)CC1c1cccc(CN2CCCCC2)c1. The molecule has 1 aromatic rings. The summed E-state index contributed by atoms with van der Waals surface area (Å²) in [6.45, 7) is 5.60. The molecule has 2 aliphatic heterocycles. The molecule has 0 amide bonds. The summed E-state index contributed by atoms with van der Waals surface area (Å²) >= 11 is 0. The average molecular weight is 287 g/mol. The molecule has 0 bridgehead atoms. The van der Waals surface area contributed by atoms with Crippen molar-refractivity contribution in [2.75, 3.05) is 33.2 Å². The topological polar surface area (TPSA) is 32.5 Å². The lowest BCUT2D eigenvalue weighted by molar-refractivity contribution is 0.220. The normalized spacial score (nSPS) is 28.1. The highest BCUT2D eigenvalue weighted by Gasteiger charge is 2.29. The summed E-state index contributed by atoms with van der Waals surface area (Å²) < 4.78 is 0. The van der Waals surface area contributed by atoms with Crippen molar-refractivity contribution in [3.05, 3.63) is 35.4 Å². The number of nitrogens with two attached hydrogens (primary N) is 1. The van der Waals surface area contributed by atoms with Gasteiger partial charge in [0.25, 0.3) is 0 Å². The Morgan fingerprint density at radius 1 is 1.19 bits per heavy atom. The van der Waals surface area contributed by atoms with E-state index in [0.717, 1.165) is 19.6 Å². The van der Waals surface area contributed by atoms with Crippen molar-refractivity contribution in [3.63, 3.8) is 0 Å². The zero-order chi connectivity index (χ0) is 14.7. The Balaban J connectivity index is 1.68. The predicted octanol–water partition coefficient (Wildman–Crippen LogP) is 2.62. The summed E-state index contributed by atoms with van der Waals surface area (Å²) in [5, 5.41) is 0. The van der Waals surface area contributed by atoms with Gasteiger partial charge in [-0.2, -0.15) is 0 Å². The maximum Gasteiger partial charge on any atom is 0.0348 e. The second-order valence-electron chi connectivity index (χ2n) is 6.87. The van der Waals surface area contributed by atoms with Crippen molar-refractivity contribution in [3.8, 4) is 0 Å². The molecule has 116 valence electrons. The fourth-order valence-corrected chi connectivity index (χ4v) is 3.94. The third-order valence-corrected chi connectivity index (χ3v) is 5.16. The number of hydrogen-bond acceptors (Lipinski definition) is 3. The van der Waals surface area contributed by atoms with Crippen molar-refractivity contribution >= 4 is 0 Å². The first-order valence-corrected chi connectivity index (χ1v) is 8.48. The van der Waals surface area contributed by atoms with Gasteiger partial charge in [-0.3, -0.25) is 9.80 Å². The highest BCUT2D eigenvalue weighted by atomic mass is 15.2. The van der Waals surface area contributed by atoms with Crippen LogP contribution in [0.2, 0.25) is 0 Å². The van der Waals surface area contributed by atoms with E-state index in [0.29, 0.717) is 12.0 Å². The predicted molar refractivity (Wildman–Crippen MR) is 88.1 cm³/mol. The molecule has 0 spiro atoms. The van der Waals surface area contributed by atoms with E-state index in [2.05, 4.69) is 41.1 Å². The summed E-state index contributed by atoms with van der Waals surface area (Å²) in [4.78, 5) is 5.07. The van der Waals surface area contributed by atoms with E-state index in [1.807, 2.05) is 0 Å². The molecule has 2 aliphatic rings. The molecule has 2 fully saturated rings. The van der Waals surface area contributed by atoms with E-state index >= 15 is 0 Å². The number of likely N-dealkylation sites (tertiary alicyclic amines) is 2. The zero-order valence-electron chi connectivity index (χ0n) is 13.3. The Morgan fingerprint density at radius 2 is 2.00 bits per heavy atom. The second-order valence-corrected chi connectivity index (χ2v) is 6.87. The van der Waals surface area contributed by atoms with E-state index in [1.165, 1.54) is 49.9 Å². The molecule has 3 rings (SSSR count). The first kappa shape index (κ1) is 15.0. The summed E-state index contributed by atoms with van der Waals surface area (Å²) in [6.07, 6.45) is 5.34. The van der Waals surface area contributed by atoms with Crippen molar-refractivity contribution < 1.29 is 0 Å². The maximum absolute atomic E-state index is 5.86. The smallest absolute Gasteiger partial charge is 0.0348 e. The minimum atomic E-state index is 0.555. The summed E-state index contributed by atoms with van der Waals surface area (Å²) in [5.41, 5.74) is 8.80. The molecule has 2 heterocycles. The number of rotatable bonds is 4. The lowest BCUT2D eigenvalue weighted by atomic mass is 9.98. The molecule has 1 aromatic carbocycles. The van der Waals surface area contributed by atoms with Crippen LogP contribution < -0.4 is 5.73 Å². The van der Waals surface area contributed by atoms with Crippen molar-refractivity contribution in [1.82, 2.24) is 9.80 Å². The monoisotopic (exact) mass is 287 g/mol. The van der Waals surface area contributed by atoms with Crippen LogP contribution in [0.5, 0.6) is 0 Å². The highest BCUT2D eigenvalue weighted by Crippen LogP contribution is 2.34. The third kappa shape index (κ3) is 3.65. The molecule has 2 N–H and O–H groups in total. The summed E-state index contributed by atoms with van der Waals surface area (Å²) in [7, 11) is 2.23. The quantitative estimate of drug-likeness (QED) is 0.924. The average Bonchev–Trinajstić information content (AvgIpc) is 2.90. The van der Waals surface area contributed by atoms with Gasteiger partial charge in [0.15, 0.2) is 0 Å². The van der Waals surface area contributed by atoms with Gasteiger partial charge in [0, 0.05) is 19.1 Å². The molecule has 0 saturated carbocycles. The Labute approximate surface area is 129 Å². The molecule has 2 unspecified atom stereocenters. The first-order valence-electron chi connectivity index (χ1n) is 8.48. The minimum Gasteiger partial charge on any atom is -0.330 e. The third-order valence-electron chi connectivity index (χ3n) is 5.16. The van der Waals surface area contributed by atoms with Gasteiger partial charge in [-0.15, -0.1) is 0 Å². The Morgan fingerprint density at radius 3 is 2.71 bits per heavy atom. The van der Waals surface area contributed by atoms with Crippen LogP contribution in [-0.4, -0.2) is 43.0 Å². The highest BCUT2D eigenvalue weighted by molar-refractivity contribution is 5.27. The van der Waals surface area contributed by atoms with Crippen molar-refractivity contribution in [1.29, 1.82) is 0 Å². The van der Waals surface area contributed by atoms with Crippen LogP contribution in [0.3, 0.4) is 0 Å². The van der Waals surface area contributed by atoms with Gasteiger partial charge < -0.3 is 5.73 Å². The zero-order valence-corrected chi connectivity index (χ0v) is 13.3. The Bertz CT molecular complexity index is 454. The number of hydrogen-bond donors (Lipinski definition) is 1. The molecule has 3 heteroatoms. The van der Waals surface area contributed by atoms with E-state index in [1.54, 1.807) is 0 Å². The molecule has 3 nitrogen and oxygen atoms in total. The lowest BCUT2D eigenvalue weighted by Gasteiger charge is -2.27. The second kappa shape index (κ2) is 6.91. The van der Waals surface area contributed by atoms with Gasteiger partial charge in [0.2, 0.25) is 0 Å². The van der Waals surface area contributed by atoms with Crippen molar-refractivity contribution in [2.45, 2.75) is 38.3 Å². The molecule has 2 atom stereocenters. The van der Waals surface area contributed by atoms with Crippen LogP contribution in [0.15, 0.2) is 24.3 Å². The van der Waals surface area contributed by atoms with Crippen LogP contribution in [-0.2, 0) is 6.54 Å². The molecule has 0 aromatic heterocycles. The van der Waals surface area contributed by atoms with Gasteiger partial charge >= 0.3 is 0 Å². The van der Waals surface area contributed by atoms with E-state index in [-0.39, 0.29) is 0 Å². The molecule has 2 saturated heterocycles. The number of benzene rings is 1. The van der Waals surface area contributed by atoms with Gasteiger partial charge in [-0.25, -0.2) is 0 Å². The molecule has 21 heavy (non-hydrogen) atoms. The summed E-state index contributed by atoms with van der Waals surface area (Å²) in [5.74, 6) is 0.658. The molecule has 0 radical (unpaired) electrons. The molecular weight excluding hydrogens is 258 g/mol.